The van der Waals surface area contributed by atoms with Crippen molar-refractivity contribution in [2.24, 2.45) is 0 Å². The minimum absolute atomic E-state index is 0.819. The van der Waals surface area contributed by atoms with Crippen molar-refractivity contribution in [3.8, 4) is 0 Å². The van der Waals surface area contributed by atoms with Crippen molar-refractivity contribution in [1.82, 2.24) is 14.9 Å². The molecule has 0 atom stereocenters. The van der Waals surface area contributed by atoms with E-state index in [0.29, 0.717) is 0 Å². The Morgan fingerprint density at radius 2 is 1.94 bits per heavy atom. The van der Waals surface area contributed by atoms with Gasteiger partial charge >= 0.3 is 0 Å². The molecule has 0 aliphatic carbocycles. The van der Waals surface area contributed by atoms with E-state index in [9.17, 15) is 0 Å². The molecule has 0 aliphatic rings. The van der Waals surface area contributed by atoms with E-state index in [2.05, 4.69) is 53.1 Å². The average molecular weight is 229 g/mol. The predicted molar refractivity (Wildman–Crippen MR) is 70.0 cm³/mol. The third kappa shape index (κ3) is 2.74. The molecular formula is C14H19N3. The van der Waals surface area contributed by atoms with E-state index in [1.165, 1.54) is 16.7 Å². The lowest BCUT2D eigenvalue weighted by molar-refractivity contribution is 0.776. The second kappa shape index (κ2) is 5.15. The molecule has 2 aromatic rings. The maximum Gasteiger partial charge on any atom is 0.0953 e. The average Bonchev–Trinajstić information content (AvgIpc) is 2.72. The molecule has 1 aromatic heterocycles. The highest BCUT2D eigenvalue weighted by atomic mass is 15.0. The van der Waals surface area contributed by atoms with Gasteiger partial charge in [0.15, 0.2) is 0 Å². The maximum atomic E-state index is 4.36. The zero-order chi connectivity index (χ0) is 12.3. The van der Waals surface area contributed by atoms with Crippen LogP contribution < -0.4 is 5.32 Å². The molecule has 0 spiro atoms. The summed E-state index contributed by atoms with van der Waals surface area (Å²) in [5.74, 6) is 0. The van der Waals surface area contributed by atoms with Gasteiger partial charge < -0.3 is 9.88 Å². The zero-order valence-electron chi connectivity index (χ0n) is 10.7. The zero-order valence-corrected chi connectivity index (χ0v) is 10.7. The molecule has 0 saturated carbocycles. The Morgan fingerprint density at radius 1 is 1.24 bits per heavy atom. The SMILES string of the molecule is CNCc1cn(Cc2c(C)cccc2C)cn1. The first-order chi connectivity index (χ1) is 8.20. The summed E-state index contributed by atoms with van der Waals surface area (Å²) in [6.07, 6.45) is 4.00. The van der Waals surface area contributed by atoms with Crippen LogP contribution in [-0.2, 0) is 13.1 Å². The fraction of sp³-hybridized carbons (Fsp3) is 0.357. The van der Waals surface area contributed by atoms with Gasteiger partial charge in [0.05, 0.1) is 12.0 Å². The third-order valence-corrected chi connectivity index (χ3v) is 3.03. The van der Waals surface area contributed by atoms with E-state index in [1.54, 1.807) is 0 Å². The van der Waals surface area contributed by atoms with Crippen molar-refractivity contribution in [3.63, 3.8) is 0 Å². The first-order valence-corrected chi connectivity index (χ1v) is 5.91. The molecule has 0 aliphatic heterocycles. The van der Waals surface area contributed by atoms with E-state index in [1.807, 2.05) is 13.4 Å². The minimum Gasteiger partial charge on any atom is -0.333 e. The van der Waals surface area contributed by atoms with E-state index >= 15 is 0 Å². The number of imidazole rings is 1. The second-order valence-corrected chi connectivity index (χ2v) is 4.44. The Hall–Kier alpha value is -1.61. The number of hydrogen-bond donors (Lipinski definition) is 1. The monoisotopic (exact) mass is 229 g/mol. The number of aryl methyl sites for hydroxylation is 2. The molecule has 0 saturated heterocycles. The van der Waals surface area contributed by atoms with Gasteiger partial charge in [-0.25, -0.2) is 4.98 Å². The maximum absolute atomic E-state index is 4.36. The molecule has 0 amide bonds. The van der Waals surface area contributed by atoms with E-state index in [0.717, 1.165) is 18.8 Å². The fourth-order valence-corrected chi connectivity index (χ4v) is 2.05. The van der Waals surface area contributed by atoms with Crippen LogP contribution in [0.3, 0.4) is 0 Å². The summed E-state index contributed by atoms with van der Waals surface area (Å²) in [7, 11) is 1.94. The second-order valence-electron chi connectivity index (χ2n) is 4.44. The number of aromatic nitrogens is 2. The summed E-state index contributed by atoms with van der Waals surface area (Å²) in [6, 6.07) is 6.43. The third-order valence-electron chi connectivity index (χ3n) is 3.03. The van der Waals surface area contributed by atoms with Crippen molar-refractivity contribution >= 4 is 0 Å². The Balaban J connectivity index is 2.19. The van der Waals surface area contributed by atoms with Crippen LogP contribution >= 0.6 is 0 Å². The highest BCUT2D eigenvalue weighted by Gasteiger charge is 2.04. The number of nitrogens with one attached hydrogen (secondary N) is 1. The lowest BCUT2D eigenvalue weighted by Gasteiger charge is -2.09. The standard InChI is InChI=1S/C14H19N3/c1-11-5-4-6-12(2)14(11)9-17-8-13(7-15-3)16-10-17/h4-6,8,10,15H,7,9H2,1-3H3. The van der Waals surface area contributed by atoms with Gasteiger partial charge in [-0.3, -0.25) is 0 Å². The van der Waals surface area contributed by atoms with Crippen LogP contribution in [0.5, 0.6) is 0 Å². The van der Waals surface area contributed by atoms with Crippen molar-refractivity contribution < 1.29 is 0 Å². The van der Waals surface area contributed by atoms with Gasteiger partial charge in [0.25, 0.3) is 0 Å². The summed E-state index contributed by atoms with van der Waals surface area (Å²) in [5.41, 5.74) is 5.15. The van der Waals surface area contributed by atoms with Gasteiger partial charge in [-0.2, -0.15) is 0 Å². The molecule has 1 heterocycles. The van der Waals surface area contributed by atoms with Crippen molar-refractivity contribution in [3.05, 3.63) is 53.1 Å². The van der Waals surface area contributed by atoms with E-state index in [-0.39, 0.29) is 0 Å². The molecule has 0 bridgehead atoms. The quantitative estimate of drug-likeness (QED) is 0.871. The summed E-state index contributed by atoms with van der Waals surface area (Å²) in [4.78, 5) is 4.36. The van der Waals surface area contributed by atoms with E-state index in [4.69, 9.17) is 0 Å². The number of benzene rings is 1. The molecule has 3 nitrogen and oxygen atoms in total. The van der Waals surface area contributed by atoms with Crippen molar-refractivity contribution in [2.75, 3.05) is 7.05 Å². The van der Waals surface area contributed by atoms with Crippen molar-refractivity contribution in [2.45, 2.75) is 26.9 Å². The minimum atomic E-state index is 0.819. The largest absolute Gasteiger partial charge is 0.333 e. The molecule has 1 N–H and O–H groups in total. The van der Waals surface area contributed by atoms with Gasteiger partial charge in [0.2, 0.25) is 0 Å². The molecule has 17 heavy (non-hydrogen) atoms. The van der Waals surface area contributed by atoms with Crippen LogP contribution in [0.2, 0.25) is 0 Å². The summed E-state index contributed by atoms with van der Waals surface area (Å²) in [6.45, 7) is 6.04. The van der Waals surface area contributed by atoms with Crippen LogP contribution in [0.1, 0.15) is 22.4 Å². The van der Waals surface area contributed by atoms with Crippen LogP contribution in [0.4, 0.5) is 0 Å². The predicted octanol–water partition coefficient (Wildman–Crippen LogP) is 2.27. The normalized spacial score (nSPS) is 10.8. The van der Waals surface area contributed by atoms with Gasteiger partial charge in [0.1, 0.15) is 0 Å². The van der Waals surface area contributed by atoms with Gasteiger partial charge in [-0.15, -0.1) is 0 Å². The molecule has 0 unspecified atom stereocenters. The van der Waals surface area contributed by atoms with Crippen LogP contribution in [0, 0.1) is 13.8 Å². The molecule has 2 rings (SSSR count). The topological polar surface area (TPSA) is 29.9 Å². The molecule has 0 radical (unpaired) electrons. The molecule has 0 fully saturated rings. The van der Waals surface area contributed by atoms with Gasteiger partial charge in [0, 0.05) is 19.3 Å². The molecule has 90 valence electrons. The Bertz CT molecular complexity index is 480. The highest BCUT2D eigenvalue weighted by Crippen LogP contribution is 2.14. The summed E-state index contributed by atoms with van der Waals surface area (Å²) >= 11 is 0. The molecule has 3 heteroatoms. The smallest absolute Gasteiger partial charge is 0.0953 e. The Morgan fingerprint density at radius 3 is 2.59 bits per heavy atom. The first-order valence-electron chi connectivity index (χ1n) is 5.91. The number of hydrogen-bond acceptors (Lipinski definition) is 2. The number of nitrogens with zero attached hydrogens (tertiary/aromatic N) is 2. The molecular weight excluding hydrogens is 210 g/mol. The lowest BCUT2D eigenvalue weighted by atomic mass is 10.0. The van der Waals surface area contributed by atoms with Gasteiger partial charge in [-0.05, 0) is 37.6 Å². The summed E-state index contributed by atoms with van der Waals surface area (Å²) in [5, 5.41) is 3.11. The Kier molecular flexibility index (Phi) is 3.59. The van der Waals surface area contributed by atoms with E-state index < -0.39 is 0 Å². The van der Waals surface area contributed by atoms with Gasteiger partial charge in [-0.1, -0.05) is 18.2 Å². The Labute approximate surface area is 103 Å². The van der Waals surface area contributed by atoms with Crippen LogP contribution in [0.25, 0.3) is 0 Å². The number of rotatable bonds is 4. The van der Waals surface area contributed by atoms with Crippen LogP contribution in [0.15, 0.2) is 30.7 Å². The first kappa shape index (κ1) is 11.9. The fourth-order valence-electron chi connectivity index (χ4n) is 2.05. The summed E-state index contributed by atoms with van der Waals surface area (Å²) < 4.78 is 2.14. The van der Waals surface area contributed by atoms with Crippen molar-refractivity contribution in [1.29, 1.82) is 0 Å². The molecule has 1 aromatic carbocycles. The highest BCUT2D eigenvalue weighted by molar-refractivity contribution is 5.33. The lowest BCUT2D eigenvalue weighted by Crippen LogP contribution is -2.05. The van der Waals surface area contributed by atoms with Crippen LogP contribution in [-0.4, -0.2) is 16.6 Å².